The maximum atomic E-state index is 12.3. The van der Waals surface area contributed by atoms with E-state index in [0.29, 0.717) is 43.2 Å². The van der Waals surface area contributed by atoms with E-state index in [4.69, 9.17) is 14.2 Å². The minimum atomic E-state index is -0.0710. The third-order valence-electron chi connectivity index (χ3n) is 3.72. The van der Waals surface area contributed by atoms with Gasteiger partial charge in [0, 0.05) is 23.0 Å². The molecule has 1 heterocycles. The molecule has 5 nitrogen and oxygen atoms in total. The SMILES string of the molecule is COc1ccccc1CCC(=O)Nc1cc2c(cc1Br)OCCO2. The molecule has 0 saturated carbocycles. The van der Waals surface area contributed by atoms with Crippen LogP contribution in [0.2, 0.25) is 0 Å². The van der Waals surface area contributed by atoms with Crippen molar-refractivity contribution in [3.63, 3.8) is 0 Å². The zero-order chi connectivity index (χ0) is 16.9. The van der Waals surface area contributed by atoms with Gasteiger partial charge in [0.2, 0.25) is 5.91 Å². The molecule has 2 aromatic rings. The van der Waals surface area contributed by atoms with Crippen molar-refractivity contribution in [2.45, 2.75) is 12.8 Å². The standard InChI is InChI=1S/C18H18BrNO4/c1-22-15-5-3-2-4-12(15)6-7-18(21)20-14-11-17-16(10-13(14)19)23-8-9-24-17/h2-5,10-11H,6-9H2,1H3,(H,20,21). The number of amides is 1. The van der Waals surface area contributed by atoms with Gasteiger partial charge in [0.15, 0.2) is 11.5 Å². The van der Waals surface area contributed by atoms with E-state index in [1.54, 1.807) is 13.2 Å². The van der Waals surface area contributed by atoms with Gasteiger partial charge in [-0.2, -0.15) is 0 Å². The molecule has 6 heteroatoms. The molecule has 0 spiro atoms. The molecule has 0 aromatic heterocycles. The van der Waals surface area contributed by atoms with E-state index in [1.165, 1.54) is 0 Å². The lowest BCUT2D eigenvalue weighted by Crippen LogP contribution is -2.17. The van der Waals surface area contributed by atoms with Gasteiger partial charge in [-0.15, -0.1) is 0 Å². The molecule has 0 fully saturated rings. The summed E-state index contributed by atoms with van der Waals surface area (Å²) in [4.78, 5) is 12.3. The number of halogens is 1. The number of hydrogen-bond donors (Lipinski definition) is 1. The van der Waals surface area contributed by atoms with Crippen LogP contribution >= 0.6 is 15.9 Å². The van der Waals surface area contributed by atoms with Crippen LogP contribution in [0.1, 0.15) is 12.0 Å². The summed E-state index contributed by atoms with van der Waals surface area (Å²) in [7, 11) is 1.63. The van der Waals surface area contributed by atoms with Gasteiger partial charge in [0.05, 0.1) is 12.8 Å². The van der Waals surface area contributed by atoms with Crippen LogP contribution in [0.3, 0.4) is 0 Å². The van der Waals surface area contributed by atoms with Crippen molar-refractivity contribution in [3.8, 4) is 17.2 Å². The molecule has 0 atom stereocenters. The Morgan fingerprint density at radius 1 is 1.21 bits per heavy atom. The van der Waals surface area contributed by atoms with Crippen LogP contribution in [-0.2, 0) is 11.2 Å². The summed E-state index contributed by atoms with van der Waals surface area (Å²) in [6, 6.07) is 11.3. The van der Waals surface area contributed by atoms with Crippen LogP contribution in [-0.4, -0.2) is 26.2 Å². The van der Waals surface area contributed by atoms with Crippen molar-refractivity contribution < 1.29 is 19.0 Å². The number of hydrogen-bond acceptors (Lipinski definition) is 4. The molecule has 0 aliphatic carbocycles. The first-order valence-corrected chi connectivity index (χ1v) is 8.47. The highest BCUT2D eigenvalue weighted by Crippen LogP contribution is 2.38. The van der Waals surface area contributed by atoms with E-state index in [2.05, 4.69) is 21.2 Å². The van der Waals surface area contributed by atoms with E-state index in [9.17, 15) is 4.79 Å². The largest absolute Gasteiger partial charge is 0.496 e. The summed E-state index contributed by atoms with van der Waals surface area (Å²) in [6.07, 6.45) is 0.972. The van der Waals surface area contributed by atoms with Gasteiger partial charge >= 0.3 is 0 Å². The van der Waals surface area contributed by atoms with Gasteiger partial charge in [0.25, 0.3) is 0 Å². The lowest BCUT2D eigenvalue weighted by atomic mass is 10.1. The van der Waals surface area contributed by atoms with Gasteiger partial charge < -0.3 is 19.5 Å². The third-order valence-corrected chi connectivity index (χ3v) is 4.38. The molecule has 24 heavy (non-hydrogen) atoms. The summed E-state index contributed by atoms with van der Waals surface area (Å²) < 4.78 is 17.1. The van der Waals surface area contributed by atoms with Crippen LogP contribution in [0, 0.1) is 0 Å². The third kappa shape index (κ3) is 3.82. The minimum Gasteiger partial charge on any atom is -0.496 e. The van der Waals surface area contributed by atoms with Crippen LogP contribution in [0.4, 0.5) is 5.69 Å². The topological polar surface area (TPSA) is 56.8 Å². The maximum Gasteiger partial charge on any atom is 0.224 e. The van der Waals surface area contributed by atoms with E-state index in [1.807, 2.05) is 30.3 Å². The van der Waals surface area contributed by atoms with Crippen molar-refractivity contribution in [2.75, 3.05) is 25.6 Å². The fourth-order valence-electron chi connectivity index (χ4n) is 2.53. The number of methoxy groups -OCH3 is 1. The Labute approximate surface area is 149 Å². The number of carbonyl (C=O) groups is 1. The Bertz CT molecular complexity index is 748. The van der Waals surface area contributed by atoms with Crippen LogP contribution < -0.4 is 19.5 Å². The second kappa shape index (κ2) is 7.57. The van der Waals surface area contributed by atoms with E-state index in [0.717, 1.165) is 15.8 Å². The van der Waals surface area contributed by atoms with Crippen molar-refractivity contribution in [3.05, 3.63) is 46.4 Å². The molecular weight excluding hydrogens is 374 g/mol. The Kier molecular flexibility index (Phi) is 5.25. The first-order valence-electron chi connectivity index (χ1n) is 7.68. The molecule has 1 amide bonds. The number of anilines is 1. The summed E-state index contributed by atoms with van der Waals surface area (Å²) in [5, 5.41) is 2.91. The van der Waals surface area contributed by atoms with Gasteiger partial charge in [-0.3, -0.25) is 4.79 Å². The van der Waals surface area contributed by atoms with E-state index >= 15 is 0 Å². The number of para-hydroxylation sites is 1. The lowest BCUT2D eigenvalue weighted by molar-refractivity contribution is -0.116. The van der Waals surface area contributed by atoms with Crippen molar-refractivity contribution >= 4 is 27.5 Å². The average Bonchev–Trinajstić information content (AvgIpc) is 2.61. The molecule has 1 N–H and O–H groups in total. The van der Waals surface area contributed by atoms with Crippen molar-refractivity contribution in [1.82, 2.24) is 0 Å². The Balaban J connectivity index is 1.65. The lowest BCUT2D eigenvalue weighted by Gasteiger charge is -2.20. The molecule has 0 bridgehead atoms. The number of rotatable bonds is 5. The average molecular weight is 392 g/mol. The monoisotopic (exact) mass is 391 g/mol. The van der Waals surface area contributed by atoms with Gasteiger partial charge in [-0.25, -0.2) is 0 Å². The minimum absolute atomic E-state index is 0.0710. The number of carbonyl (C=O) groups excluding carboxylic acids is 1. The fourth-order valence-corrected chi connectivity index (χ4v) is 2.95. The van der Waals surface area contributed by atoms with Crippen LogP contribution in [0.15, 0.2) is 40.9 Å². The molecule has 126 valence electrons. The highest BCUT2D eigenvalue weighted by atomic mass is 79.9. The zero-order valence-electron chi connectivity index (χ0n) is 13.3. The quantitative estimate of drug-likeness (QED) is 0.841. The number of ether oxygens (including phenoxy) is 3. The second-order valence-corrected chi connectivity index (χ2v) is 6.19. The molecule has 3 rings (SSSR count). The highest BCUT2D eigenvalue weighted by Gasteiger charge is 2.16. The zero-order valence-corrected chi connectivity index (χ0v) is 14.9. The molecule has 1 aliphatic heterocycles. The molecular formula is C18H18BrNO4. The second-order valence-electron chi connectivity index (χ2n) is 5.34. The fraction of sp³-hybridized carbons (Fsp3) is 0.278. The first kappa shape index (κ1) is 16.6. The number of benzene rings is 2. The molecule has 0 radical (unpaired) electrons. The summed E-state index contributed by atoms with van der Waals surface area (Å²) in [6.45, 7) is 1.04. The number of nitrogens with one attached hydrogen (secondary N) is 1. The Morgan fingerprint density at radius 2 is 1.92 bits per heavy atom. The number of aryl methyl sites for hydroxylation is 1. The van der Waals surface area contributed by atoms with Crippen molar-refractivity contribution in [1.29, 1.82) is 0 Å². The summed E-state index contributed by atoms with van der Waals surface area (Å²) in [5.74, 6) is 2.05. The highest BCUT2D eigenvalue weighted by molar-refractivity contribution is 9.10. The van der Waals surface area contributed by atoms with Gasteiger partial charge in [-0.1, -0.05) is 18.2 Å². The summed E-state index contributed by atoms with van der Waals surface area (Å²) in [5.41, 5.74) is 1.68. The predicted molar refractivity (Wildman–Crippen MR) is 95.1 cm³/mol. The summed E-state index contributed by atoms with van der Waals surface area (Å²) >= 11 is 3.45. The molecule has 2 aromatic carbocycles. The molecule has 0 saturated heterocycles. The van der Waals surface area contributed by atoms with Gasteiger partial charge in [0.1, 0.15) is 19.0 Å². The first-order chi connectivity index (χ1) is 11.7. The smallest absolute Gasteiger partial charge is 0.224 e. The van der Waals surface area contributed by atoms with E-state index in [-0.39, 0.29) is 5.91 Å². The number of fused-ring (bicyclic) bond motifs is 1. The van der Waals surface area contributed by atoms with Crippen molar-refractivity contribution in [2.24, 2.45) is 0 Å². The maximum absolute atomic E-state index is 12.3. The van der Waals surface area contributed by atoms with Crippen LogP contribution in [0.5, 0.6) is 17.2 Å². The van der Waals surface area contributed by atoms with Crippen LogP contribution in [0.25, 0.3) is 0 Å². The Morgan fingerprint density at radius 3 is 2.67 bits per heavy atom. The molecule has 1 aliphatic rings. The normalized spacial score (nSPS) is 12.6. The van der Waals surface area contributed by atoms with Gasteiger partial charge in [-0.05, 0) is 34.0 Å². The van der Waals surface area contributed by atoms with E-state index < -0.39 is 0 Å². The predicted octanol–water partition coefficient (Wildman–Crippen LogP) is 3.80. The molecule has 0 unspecified atom stereocenters. The Hall–Kier alpha value is -2.21.